The van der Waals surface area contributed by atoms with Gasteiger partial charge in [0.2, 0.25) is 10.0 Å². The highest BCUT2D eigenvalue weighted by Crippen LogP contribution is 2.21. The number of hydrogen-bond acceptors (Lipinski definition) is 4. The Morgan fingerprint density at radius 2 is 2.00 bits per heavy atom. The molecule has 0 aliphatic carbocycles. The van der Waals surface area contributed by atoms with Crippen molar-refractivity contribution in [1.29, 1.82) is 0 Å². The van der Waals surface area contributed by atoms with Gasteiger partial charge in [0.05, 0.1) is 5.69 Å². The summed E-state index contributed by atoms with van der Waals surface area (Å²) in [5.74, 6) is 0. The van der Waals surface area contributed by atoms with Crippen LogP contribution in [0.1, 0.15) is 25.0 Å². The van der Waals surface area contributed by atoms with E-state index >= 15 is 0 Å². The molecule has 0 unspecified atom stereocenters. The van der Waals surface area contributed by atoms with Crippen molar-refractivity contribution in [3.8, 4) is 0 Å². The molecule has 21 heavy (non-hydrogen) atoms. The molecule has 0 spiro atoms. The number of rotatable bonds is 7. The number of aromatic nitrogens is 1. The lowest BCUT2D eigenvalue weighted by Crippen LogP contribution is -2.25. The molecule has 0 saturated heterocycles. The number of halogens is 3. The van der Waals surface area contributed by atoms with Crippen molar-refractivity contribution >= 4 is 27.2 Å². The first kappa shape index (κ1) is 17.8. The summed E-state index contributed by atoms with van der Waals surface area (Å²) in [4.78, 5) is 3.73. The summed E-state index contributed by atoms with van der Waals surface area (Å²) in [5, 5.41) is 0. The van der Waals surface area contributed by atoms with Crippen molar-refractivity contribution in [2.45, 2.75) is 30.3 Å². The predicted octanol–water partition coefficient (Wildman–Crippen LogP) is 1.73. The minimum atomic E-state index is -4.22. The number of sulfonamides is 1. The van der Waals surface area contributed by atoms with Crippen LogP contribution >= 0.6 is 12.2 Å². The fourth-order valence-corrected chi connectivity index (χ4v) is 2.56. The van der Waals surface area contributed by atoms with Gasteiger partial charge in [-0.2, -0.15) is 13.2 Å². The molecule has 0 amide bonds. The number of hydrogen-bond donors (Lipinski definition) is 2. The number of unbranched alkanes of at least 4 members (excludes halogenated alkanes) is 1. The first-order chi connectivity index (χ1) is 9.62. The lowest BCUT2D eigenvalue weighted by molar-refractivity contribution is -0.135. The third kappa shape index (κ3) is 6.36. The van der Waals surface area contributed by atoms with Gasteiger partial charge < -0.3 is 5.73 Å². The Balaban J connectivity index is 2.52. The minimum Gasteiger partial charge on any atom is -0.388 e. The summed E-state index contributed by atoms with van der Waals surface area (Å²) >= 11 is 4.69. The predicted molar refractivity (Wildman–Crippen MR) is 75.2 cm³/mol. The number of nitrogens with zero attached hydrogens (tertiary/aromatic N) is 1. The maximum Gasteiger partial charge on any atom is 0.389 e. The Labute approximate surface area is 125 Å². The van der Waals surface area contributed by atoms with Crippen molar-refractivity contribution in [1.82, 2.24) is 9.71 Å². The molecule has 0 aliphatic rings. The molecule has 0 saturated carbocycles. The molecule has 3 N–H and O–H groups in total. The van der Waals surface area contributed by atoms with E-state index in [4.69, 9.17) is 5.73 Å². The van der Waals surface area contributed by atoms with Crippen molar-refractivity contribution in [2.24, 2.45) is 5.73 Å². The van der Waals surface area contributed by atoms with E-state index in [1.54, 1.807) is 0 Å². The normalized spacial score (nSPS) is 12.3. The van der Waals surface area contributed by atoms with E-state index < -0.39 is 22.6 Å². The van der Waals surface area contributed by atoms with Gasteiger partial charge in [0.25, 0.3) is 0 Å². The Morgan fingerprint density at radius 1 is 1.33 bits per heavy atom. The summed E-state index contributed by atoms with van der Waals surface area (Å²) in [5.41, 5.74) is 5.62. The van der Waals surface area contributed by atoms with Crippen molar-refractivity contribution in [3.63, 3.8) is 0 Å². The van der Waals surface area contributed by atoms with Crippen LogP contribution in [0.5, 0.6) is 0 Å². The molecule has 0 bridgehead atoms. The second-order valence-electron chi connectivity index (χ2n) is 4.21. The van der Waals surface area contributed by atoms with Crippen LogP contribution in [0.2, 0.25) is 0 Å². The molecular weight excluding hydrogens is 327 g/mol. The van der Waals surface area contributed by atoms with Crippen LogP contribution in [0, 0.1) is 0 Å². The number of pyridine rings is 1. The Morgan fingerprint density at radius 3 is 2.48 bits per heavy atom. The van der Waals surface area contributed by atoms with Crippen LogP contribution in [0.4, 0.5) is 13.2 Å². The smallest absolute Gasteiger partial charge is 0.388 e. The van der Waals surface area contributed by atoms with Crippen molar-refractivity contribution in [3.05, 3.63) is 24.0 Å². The van der Waals surface area contributed by atoms with Gasteiger partial charge in [-0.25, -0.2) is 13.1 Å². The lowest BCUT2D eigenvalue weighted by atomic mass is 10.2. The van der Waals surface area contributed by atoms with Crippen LogP contribution < -0.4 is 10.5 Å². The molecule has 10 heteroatoms. The number of thiocarbonyl (C=S) groups is 1. The molecule has 0 radical (unpaired) electrons. The molecule has 1 aromatic heterocycles. The molecule has 1 aromatic rings. The van der Waals surface area contributed by atoms with E-state index in [1.807, 2.05) is 0 Å². The standard InChI is InChI=1S/C11H14F3N3O2S2/c12-11(13,14)5-1-2-6-17-21(18,19)8-3-4-9(10(15)20)16-7-8/h3-4,7,17H,1-2,5-6H2,(H2,15,20). The van der Waals surface area contributed by atoms with Crippen LogP contribution in [-0.4, -0.2) is 31.1 Å². The highest BCUT2D eigenvalue weighted by molar-refractivity contribution is 7.89. The number of nitrogens with two attached hydrogens (primary N) is 1. The van der Waals surface area contributed by atoms with E-state index in [2.05, 4.69) is 21.9 Å². The van der Waals surface area contributed by atoms with Crippen molar-refractivity contribution < 1.29 is 21.6 Å². The van der Waals surface area contributed by atoms with Gasteiger partial charge in [-0.05, 0) is 25.0 Å². The quantitative estimate of drug-likeness (QED) is 0.583. The van der Waals surface area contributed by atoms with Crippen LogP contribution in [0.15, 0.2) is 23.2 Å². The number of nitrogens with one attached hydrogen (secondary N) is 1. The first-order valence-corrected chi connectivity index (χ1v) is 7.83. The minimum absolute atomic E-state index is 0.0408. The second kappa shape index (κ2) is 7.14. The van der Waals surface area contributed by atoms with Crippen molar-refractivity contribution in [2.75, 3.05) is 6.54 Å². The van der Waals surface area contributed by atoms with E-state index in [0.717, 1.165) is 6.20 Å². The summed E-state index contributed by atoms with van der Waals surface area (Å²) in [6.45, 7) is -0.0739. The topological polar surface area (TPSA) is 85.1 Å². The molecular formula is C11H14F3N3O2S2. The molecule has 0 aromatic carbocycles. The highest BCUT2D eigenvalue weighted by Gasteiger charge is 2.26. The zero-order valence-corrected chi connectivity index (χ0v) is 12.5. The number of alkyl halides is 3. The first-order valence-electron chi connectivity index (χ1n) is 5.94. The monoisotopic (exact) mass is 341 g/mol. The van der Waals surface area contributed by atoms with Gasteiger partial charge >= 0.3 is 6.18 Å². The average molecular weight is 341 g/mol. The lowest BCUT2D eigenvalue weighted by Gasteiger charge is -2.08. The third-order valence-electron chi connectivity index (χ3n) is 2.48. The van der Waals surface area contributed by atoms with Gasteiger partial charge in [0.1, 0.15) is 9.88 Å². The summed E-state index contributed by atoms with van der Waals surface area (Å²) in [7, 11) is -3.80. The fraction of sp³-hybridized carbons (Fsp3) is 0.455. The SMILES string of the molecule is NC(=S)c1ccc(S(=O)(=O)NCCCCC(F)(F)F)cn1. The zero-order valence-electron chi connectivity index (χ0n) is 10.9. The molecule has 5 nitrogen and oxygen atoms in total. The fourth-order valence-electron chi connectivity index (χ4n) is 1.43. The maximum absolute atomic E-state index is 11.9. The van der Waals surface area contributed by atoms with Crippen LogP contribution in [-0.2, 0) is 10.0 Å². The van der Waals surface area contributed by atoms with E-state index in [-0.39, 0.29) is 35.0 Å². The van der Waals surface area contributed by atoms with Gasteiger partial charge in [-0.3, -0.25) is 4.98 Å². The third-order valence-corrected chi connectivity index (χ3v) is 4.13. The van der Waals surface area contributed by atoms with Crippen LogP contribution in [0.3, 0.4) is 0 Å². The average Bonchev–Trinajstić information content (AvgIpc) is 2.37. The Bertz CT molecular complexity index is 586. The second-order valence-corrected chi connectivity index (χ2v) is 6.42. The zero-order chi connectivity index (χ0) is 16.1. The van der Waals surface area contributed by atoms with Crippen LogP contribution in [0.25, 0.3) is 0 Å². The van der Waals surface area contributed by atoms with E-state index in [9.17, 15) is 21.6 Å². The Kier molecular flexibility index (Phi) is 6.05. The summed E-state index contributed by atoms with van der Waals surface area (Å²) in [6.07, 6.45) is -4.10. The van der Waals surface area contributed by atoms with Gasteiger partial charge in [0.15, 0.2) is 0 Å². The summed E-state index contributed by atoms with van der Waals surface area (Å²) in [6, 6.07) is 2.64. The van der Waals surface area contributed by atoms with E-state index in [0.29, 0.717) is 0 Å². The van der Waals surface area contributed by atoms with Gasteiger partial charge in [-0.15, -0.1) is 0 Å². The molecule has 0 atom stereocenters. The largest absolute Gasteiger partial charge is 0.389 e. The maximum atomic E-state index is 11.9. The van der Waals surface area contributed by atoms with Gasteiger partial charge in [0, 0.05) is 19.2 Å². The van der Waals surface area contributed by atoms with E-state index in [1.165, 1.54) is 12.1 Å². The molecule has 118 valence electrons. The van der Waals surface area contributed by atoms with Gasteiger partial charge in [-0.1, -0.05) is 12.2 Å². The molecule has 1 heterocycles. The molecule has 0 aliphatic heterocycles. The summed E-state index contributed by atoms with van der Waals surface area (Å²) < 4.78 is 61.6. The molecule has 0 fully saturated rings. The molecule has 1 rings (SSSR count). The Hall–Kier alpha value is -1.26. The highest BCUT2D eigenvalue weighted by atomic mass is 32.2.